The van der Waals surface area contributed by atoms with Gasteiger partial charge in [-0.05, 0) is 30.9 Å². The number of hydrogen-bond acceptors (Lipinski definition) is 2. The van der Waals surface area contributed by atoms with Gasteiger partial charge in [0.1, 0.15) is 5.78 Å². The molecule has 80 valence electrons. The van der Waals surface area contributed by atoms with Crippen molar-refractivity contribution in [3.8, 4) is 0 Å². The Morgan fingerprint density at radius 1 is 1.47 bits per heavy atom. The van der Waals surface area contributed by atoms with E-state index in [4.69, 9.17) is 0 Å². The third-order valence-corrected chi connectivity index (χ3v) is 3.31. The smallest absolute Gasteiger partial charge is 0.144 e. The van der Waals surface area contributed by atoms with Gasteiger partial charge in [-0.2, -0.15) is 0 Å². The van der Waals surface area contributed by atoms with Gasteiger partial charge in [-0.1, -0.05) is 19.9 Å². The van der Waals surface area contributed by atoms with Crippen molar-refractivity contribution >= 4 is 5.78 Å². The van der Waals surface area contributed by atoms with Gasteiger partial charge in [0.15, 0.2) is 0 Å². The number of ketones is 1. The monoisotopic (exact) mass is 203 g/mol. The summed E-state index contributed by atoms with van der Waals surface area (Å²) in [6, 6.07) is 4.04. The van der Waals surface area contributed by atoms with Gasteiger partial charge in [-0.15, -0.1) is 0 Å². The Morgan fingerprint density at radius 2 is 2.20 bits per heavy atom. The molecule has 1 aromatic rings. The second-order valence-corrected chi connectivity index (χ2v) is 4.67. The molecule has 1 aromatic heterocycles. The zero-order valence-corrected chi connectivity index (χ0v) is 9.42. The highest BCUT2D eigenvalue weighted by Crippen LogP contribution is 2.46. The van der Waals surface area contributed by atoms with E-state index in [1.807, 2.05) is 12.3 Å². The maximum absolute atomic E-state index is 11.8. The fraction of sp³-hybridized carbons (Fsp3) is 0.538. The van der Waals surface area contributed by atoms with Crippen LogP contribution in [-0.2, 0) is 17.6 Å². The quantitative estimate of drug-likeness (QED) is 0.752. The van der Waals surface area contributed by atoms with Crippen molar-refractivity contribution < 1.29 is 4.79 Å². The molecule has 2 rings (SSSR count). The normalized spacial score (nSPS) is 17.5. The largest absolute Gasteiger partial charge is 0.299 e. The van der Waals surface area contributed by atoms with Crippen LogP contribution in [0.3, 0.4) is 0 Å². The molecule has 2 heteroatoms. The first-order valence-corrected chi connectivity index (χ1v) is 5.61. The fourth-order valence-corrected chi connectivity index (χ4v) is 1.61. The average molecular weight is 203 g/mol. The number of aromatic nitrogens is 1. The van der Waals surface area contributed by atoms with Gasteiger partial charge in [0.25, 0.3) is 0 Å². The average Bonchev–Trinajstić information content (AvgIpc) is 2.99. The van der Waals surface area contributed by atoms with Crippen molar-refractivity contribution in [2.24, 2.45) is 5.41 Å². The molecule has 0 radical (unpaired) electrons. The van der Waals surface area contributed by atoms with Gasteiger partial charge >= 0.3 is 0 Å². The molecule has 0 bridgehead atoms. The van der Waals surface area contributed by atoms with E-state index in [2.05, 4.69) is 24.9 Å². The van der Waals surface area contributed by atoms with Crippen LogP contribution in [0.2, 0.25) is 0 Å². The van der Waals surface area contributed by atoms with E-state index in [-0.39, 0.29) is 5.41 Å². The van der Waals surface area contributed by atoms with Crippen LogP contribution in [0, 0.1) is 5.41 Å². The van der Waals surface area contributed by atoms with Crippen molar-refractivity contribution in [3.63, 3.8) is 0 Å². The van der Waals surface area contributed by atoms with E-state index < -0.39 is 0 Å². The number of carbonyl (C=O) groups is 1. The summed E-state index contributed by atoms with van der Waals surface area (Å²) < 4.78 is 0. The van der Waals surface area contributed by atoms with Crippen molar-refractivity contribution in [3.05, 3.63) is 29.6 Å². The van der Waals surface area contributed by atoms with Crippen molar-refractivity contribution in [1.29, 1.82) is 0 Å². The Kier molecular flexibility index (Phi) is 2.59. The van der Waals surface area contributed by atoms with Gasteiger partial charge in [-0.25, -0.2) is 0 Å². The lowest BCUT2D eigenvalue weighted by molar-refractivity contribution is -0.122. The highest BCUT2D eigenvalue weighted by Gasteiger charge is 2.44. The lowest BCUT2D eigenvalue weighted by Crippen LogP contribution is -2.15. The molecule has 1 heterocycles. The summed E-state index contributed by atoms with van der Waals surface area (Å²) >= 11 is 0. The van der Waals surface area contributed by atoms with Crippen LogP contribution in [0.1, 0.15) is 37.9 Å². The first-order valence-electron chi connectivity index (χ1n) is 5.61. The first kappa shape index (κ1) is 10.3. The topological polar surface area (TPSA) is 30.0 Å². The number of aryl methyl sites for hydroxylation is 1. The van der Waals surface area contributed by atoms with Crippen LogP contribution < -0.4 is 0 Å². The zero-order valence-electron chi connectivity index (χ0n) is 9.42. The molecule has 1 aliphatic rings. The van der Waals surface area contributed by atoms with Crippen LogP contribution in [0.25, 0.3) is 0 Å². The molecule has 0 aliphatic heterocycles. The van der Waals surface area contributed by atoms with E-state index in [9.17, 15) is 4.79 Å². The summed E-state index contributed by atoms with van der Waals surface area (Å²) in [6.07, 6.45) is 5.48. The Labute approximate surface area is 90.7 Å². The molecule has 2 nitrogen and oxygen atoms in total. The highest BCUT2D eigenvalue weighted by molar-refractivity contribution is 5.88. The Balaban J connectivity index is 2.01. The fourth-order valence-electron chi connectivity index (χ4n) is 1.61. The molecule has 1 aliphatic carbocycles. The van der Waals surface area contributed by atoms with Crippen LogP contribution in [0.4, 0.5) is 0 Å². The lowest BCUT2D eigenvalue weighted by atomic mass is 9.99. The molecule has 0 aromatic carbocycles. The van der Waals surface area contributed by atoms with Crippen LogP contribution in [0.15, 0.2) is 18.3 Å². The second kappa shape index (κ2) is 3.76. The van der Waals surface area contributed by atoms with Gasteiger partial charge < -0.3 is 0 Å². The minimum absolute atomic E-state index is 0.0227. The Hall–Kier alpha value is -1.18. The number of nitrogens with zero attached hydrogens (tertiary/aromatic N) is 1. The summed E-state index contributed by atoms with van der Waals surface area (Å²) in [5.74, 6) is 0.347. The predicted octanol–water partition coefficient (Wildman–Crippen LogP) is 2.56. The number of hydrogen-bond donors (Lipinski definition) is 0. The molecule has 0 unspecified atom stereocenters. The SMILES string of the molecule is CCc1ccc(CC(=O)C2(C)CC2)nc1. The summed E-state index contributed by atoms with van der Waals surface area (Å²) in [7, 11) is 0. The van der Waals surface area contributed by atoms with E-state index in [1.54, 1.807) is 0 Å². The number of rotatable bonds is 4. The van der Waals surface area contributed by atoms with Crippen LogP contribution in [0.5, 0.6) is 0 Å². The summed E-state index contributed by atoms with van der Waals surface area (Å²) in [5, 5.41) is 0. The van der Waals surface area contributed by atoms with Crippen molar-refractivity contribution in [2.45, 2.75) is 39.5 Å². The lowest BCUT2D eigenvalue weighted by Gasteiger charge is -2.06. The third kappa shape index (κ3) is 2.25. The standard InChI is InChI=1S/C13H17NO/c1-3-10-4-5-11(14-9-10)8-12(15)13(2)6-7-13/h4-5,9H,3,6-8H2,1-2H3. The number of carbonyl (C=O) groups excluding carboxylic acids is 1. The molecular formula is C13H17NO. The van der Waals surface area contributed by atoms with Crippen LogP contribution >= 0.6 is 0 Å². The molecule has 0 saturated heterocycles. The summed E-state index contributed by atoms with van der Waals surface area (Å²) in [5.41, 5.74) is 2.11. The Morgan fingerprint density at radius 3 is 2.67 bits per heavy atom. The highest BCUT2D eigenvalue weighted by atomic mass is 16.1. The second-order valence-electron chi connectivity index (χ2n) is 4.67. The predicted molar refractivity (Wildman–Crippen MR) is 59.7 cm³/mol. The molecule has 0 spiro atoms. The molecular weight excluding hydrogens is 186 g/mol. The zero-order chi connectivity index (χ0) is 10.9. The van der Waals surface area contributed by atoms with E-state index in [1.165, 1.54) is 5.56 Å². The van der Waals surface area contributed by atoms with Gasteiger partial charge in [0.2, 0.25) is 0 Å². The maximum atomic E-state index is 11.8. The van der Waals surface area contributed by atoms with Gasteiger partial charge in [0, 0.05) is 23.7 Å². The van der Waals surface area contributed by atoms with Gasteiger partial charge in [0.05, 0.1) is 0 Å². The molecule has 15 heavy (non-hydrogen) atoms. The molecule has 0 N–H and O–H groups in total. The number of pyridine rings is 1. The summed E-state index contributed by atoms with van der Waals surface area (Å²) in [4.78, 5) is 16.1. The van der Waals surface area contributed by atoms with Crippen LogP contribution in [-0.4, -0.2) is 10.8 Å². The molecule has 1 fully saturated rings. The molecule has 0 atom stereocenters. The van der Waals surface area contributed by atoms with E-state index >= 15 is 0 Å². The minimum Gasteiger partial charge on any atom is -0.299 e. The minimum atomic E-state index is -0.0227. The Bertz CT molecular complexity index is 363. The van der Waals surface area contributed by atoms with Crippen molar-refractivity contribution in [2.75, 3.05) is 0 Å². The van der Waals surface area contributed by atoms with E-state index in [0.29, 0.717) is 12.2 Å². The van der Waals surface area contributed by atoms with Gasteiger partial charge in [-0.3, -0.25) is 9.78 Å². The molecule has 0 amide bonds. The van der Waals surface area contributed by atoms with E-state index in [0.717, 1.165) is 25.0 Å². The first-order chi connectivity index (χ1) is 7.14. The van der Waals surface area contributed by atoms with Crippen molar-refractivity contribution in [1.82, 2.24) is 4.98 Å². The summed E-state index contributed by atoms with van der Waals surface area (Å²) in [6.45, 7) is 4.16. The third-order valence-electron chi connectivity index (χ3n) is 3.31. The molecule has 1 saturated carbocycles. The number of Topliss-reactive ketones (excluding diaryl/α,β-unsaturated/α-hetero) is 1. The maximum Gasteiger partial charge on any atom is 0.144 e.